The fourth-order valence-electron chi connectivity index (χ4n) is 3.64. The second kappa shape index (κ2) is 7.88. The van der Waals surface area contributed by atoms with Crippen LogP contribution < -0.4 is 0 Å². The molecule has 4 rings (SSSR count). The summed E-state index contributed by atoms with van der Waals surface area (Å²) in [7, 11) is 0. The van der Waals surface area contributed by atoms with E-state index in [-0.39, 0.29) is 17.6 Å². The molecule has 1 aliphatic heterocycles. The molecule has 0 radical (unpaired) electrons. The van der Waals surface area contributed by atoms with Crippen molar-refractivity contribution in [3.63, 3.8) is 0 Å². The van der Waals surface area contributed by atoms with Gasteiger partial charge in [-0.2, -0.15) is 0 Å². The minimum Gasteiger partial charge on any atom is -0.339 e. The van der Waals surface area contributed by atoms with Gasteiger partial charge in [-0.3, -0.25) is 14.3 Å². The van der Waals surface area contributed by atoms with E-state index in [0.29, 0.717) is 18.7 Å². The summed E-state index contributed by atoms with van der Waals surface area (Å²) in [6.07, 6.45) is 9.71. The van der Waals surface area contributed by atoms with E-state index in [9.17, 15) is 9.18 Å². The number of benzene rings is 1. The predicted octanol–water partition coefficient (Wildman–Crippen LogP) is 3.38. The second-order valence-electron chi connectivity index (χ2n) is 6.94. The molecule has 1 aromatic carbocycles. The number of hydrogen-bond donors (Lipinski definition) is 0. The summed E-state index contributed by atoms with van der Waals surface area (Å²) in [5.74, 6) is 1.60. The van der Waals surface area contributed by atoms with Crippen molar-refractivity contribution >= 4 is 5.91 Å². The van der Waals surface area contributed by atoms with E-state index in [1.54, 1.807) is 12.4 Å². The Balaban J connectivity index is 1.45. The number of halogens is 1. The topological polar surface area (TPSA) is 63.9 Å². The van der Waals surface area contributed by atoms with Crippen molar-refractivity contribution in [2.24, 2.45) is 0 Å². The van der Waals surface area contributed by atoms with Crippen LogP contribution in [0.5, 0.6) is 0 Å². The van der Waals surface area contributed by atoms with Gasteiger partial charge >= 0.3 is 0 Å². The Hall–Kier alpha value is -3.09. The number of likely N-dealkylation sites (tertiary alicyclic amines) is 1. The van der Waals surface area contributed by atoms with Crippen molar-refractivity contribution in [3.8, 4) is 5.82 Å². The number of piperidine rings is 1. The van der Waals surface area contributed by atoms with Crippen molar-refractivity contribution in [2.75, 3.05) is 13.1 Å². The third kappa shape index (κ3) is 3.65. The normalized spacial score (nSPS) is 15.0. The zero-order valence-corrected chi connectivity index (χ0v) is 15.8. The van der Waals surface area contributed by atoms with Crippen LogP contribution in [0, 0.1) is 5.82 Å². The number of imidazole rings is 1. The molecule has 1 fully saturated rings. The molecule has 0 aliphatic carbocycles. The fourth-order valence-corrected chi connectivity index (χ4v) is 3.64. The lowest BCUT2D eigenvalue weighted by atomic mass is 9.93. The zero-order chi connectivity index (χ0) is 19.5. The number of amides is 1. The first-order valence-corrected chi connectivity index (χ1v) is 9.55. The molecule has 0 spiro atoms. The van der Waals surface area contributed by atoms with Crippen LogP contribution in [0.2, 0.25) is 0 Å². The zero-order valence-electron chi connectivity index (χ0n) is 15.8. The number of aromatic nitrogens is 4. The molecular formula is C21H22FN5O. The summed E-state index contributed by atoms with van der Waals surface area (Å²) >= 11 is 0. The molecule has 144 valence electrons. The summed E-state index contributed by atoms with van der Waals surface area (Å²) in [5.41, 5.74) is 1.47. The summed E-state index contributed by atoms with van der Waals surface area (Å²) in [4.78, 5) is 27.9. The van der Waals surface area contributed by atoms with Crippen molar-refractivity contribution in [1.29, 1.82) is 0 Å². The first-order chi connectivity index (χ1) is 13.7. The second-order valence-corrected chi connectivity index (χ2v) is 6.94. The van der Waals surface area contributed by atoms with E-state index in [1.807, 2.05) is 21.9 Å². The van der Waals surface area contributed by atoms with E-state index in [4.69, 9.17) is 4.98 Å². The Morgan fingerprint density at radius 2 is 1.93 bits per heavy atom. The van der Waals surface area contributed by atoms with Gasteiger partial charge in [-0.1, -0.05) is 6.92 Å². The standard InChI is InChI=1S/C21H22FN5O/c1-2-19-24-9-12-27(19)20-14-23-13-18(25-20)15-7-10-26(11-8-15)21(28)16-3-5-17(22)6-4-16/h3-6,9,12-15H,2,7-8,10-11H2,1H3. The molecule has 3 aromatic rings. The van der Waals surface area contributed by atoms with Crippen LogP contribution in [-0.4, -0.2) is 43.4 Å². The molecule has 6 nitrogen and oxygen atoms in total. The largest absolute Gasteiger partial charge is 0.339 e. The van der Waals surface area contributed by atoms with Crippen molar-refractivity contribution in [3.05, 3.63) is 72.0 Å². The van der Waals surface area contributed by atoms with Gasteiger partial charge in [0.25, 0.3) is 5.91 Å². The van der Waals surface area contributed by atoms with Crippen LogP contribution in [0.3, 0.4) is 0 Å². The average molecular weight is 379 g/mol. The first-order valence-electron chi connectivity index (χ1n) is 9.55. The highest BCUT2D eigenvalue weighted by Gasteiger charge is 2.26. The Morgan fingerprint density at radius 1 is 1.18 bits per heavy atom. The first kappa shape index (κ1) is 18.3. The quantitative estimate of drug-likeness (QED) is 0.697. The van der Waals surface area contributed by atoms with Crippen molar-refractivity contribution in [2.45, 2.75) is 32.1 Å². The molecule has 1 saturated heterocycles. The van der Waals surface area contributed by atoms with Crippen molar-refractivity contribution in [1.82, 2.24) is 24.4 Å². The smallest absolute Gasteiger partial charge is 0.253 e. The molecule has 7 heteroatoms. The molecule has 0 atom stereocenters. The van der Waals surface area contributed by atoms with Crippen LogP contribution >= 0.6 is 0 Å². The van der Waals surface area contributed by atoms with Gasteiger partial charge in [0.2, 0.25) is 0 Å². The van der Waals surface area contributed by atoms with Gasteiger partial charge in [0, 0.05) is 49.6 Å². The summed E-state index contributed by atoms with van der Waals surface area (Å²) in [5, 5.41) is 0. The Morgan fingerprint density at radius 3 is 2.64 bits per heavy atom. The van der Waals surface area contributed by atoms with Gasteiger partial charge in [0.15, 0.2) is 5.82 Å². The lowest BCUT2D eigenvalue weighted by Gasteiger charge is -2.31. The number of aryl methyl sites for hydroxylation is 1. The highest BCUT2D eigenvalue weighted by atomic mass is 19.1. The minimum atomic E-state index is -0.335. The molecule has 2 aromatic heterocycles. The van der Waals surface area contributed by atoms with Gasteiger partial charge in [0.1, 0.15) is 11.6 Å². The highest BCUT2D eigenvalue weighted by molar-refractivity contribution is 5.94. The predicted molar refractivity (Wildman–Crippen MR) is 103 cm³/mol. The number of carbonyl (C=O) groups excluding carboxylic acids is 1. The van der Waals surface area contributed by atoms with Crippen LogP contribution in [0.4, 0.5) is 4.39 Å². The van der Waals surface area contributed by atoms with Crippen LogP contribution in [0.25, 0.3) is 5.82 Å². The number of carbonyl (C=O) groups is 1. The van der Waals surface area contributed by atoms with E-state index in [1.165, 1.54) is 24.3 Å². The van der Waals surface area contributed by atoms with Gasteiger partial charge in [-0.15, -0.1) is 0 Å². The van der Waals surface area contributed by atoms with Crippen LogP contribution in [-0.2, 0) is 6.42 Å². The van der Waals surface area contributed by atoms with Gasteiger partial charge in [-0.05, 0) is 37.1 Å². The molecular weight excluding hydrogens is 357 g/mol. The summed E-state index contributed by atoms with van der Waals surface area (Å²) in [6.45, 7) is 3.36. The maximum Gasteiger partial charge on any atom is 0.253 e. The monoisotopic (exact) mass is 379 g/mol. The van der Waals surface area contributed by atoms with E-state index in [0.717, 1.165) is 36.6 Å². The molecule has 0 unspecified atom stereocenters. The van der Waals surface area contributed by atoms with Gasteiger partial charge in [-0.25, -0.2) is 14.4 Å². The Bertz CT molecular complexity index is 961. The lowest BCUT2D eigenvalue weighted by molar-refractivity contribution is 0.0712. The molecule has 1 amide bonds. The summed E-state index contributed by atoms with van der Waals surface area (Å²) in [6, 6.07) is 5.72. The lowest BCUT2D eigenvalue weighted by Crippen LogP contribution is -2.38. The molecule has 1 aliphatic rings. The van der Waals surface area contributed by atoms with Gasteiger partial charge in [0.05, 0.1) is 11.9 Å². The third-order valence-corrected chi connectivity index (χ3v) is 5.21. The SMILES string of the molecule is CCc1nccn1-c1cncc(C2CCN(C(=O)c3ccc(F)cc3)CC2)n1. The van der Waals surface area contributed by atoms with E-state index < -0.39 is 0 Å². The average Bonchev–Trinajstić information content (AvgIpc) is 3.23. The van der Waals surface area contributed by atoms with Crippen LogP contribution in [0.15, 0.2) is 49.1 Å². The molecule has 0 saturated carbocycles. The Kier molecular flexibility index (Phi) is 5.14. The molecule has 0 bridgehead atoms. The van der Waals surface area contributed by atoms with Crippen LogP contribution in [0.1, 0.15) is 47.6 Å². The maximum absolute atomic E-state index is 13.1. The van der Waals surface area contributed by atoms with E-state index >= 15 is 0 Å². The highest BCUT2D eigenvalue weighted by Crippen LogP contribution is 2.27. The number of nitrogens with zero attached hydrogens (tertiary/aromatic N) is 5. The number of rotatable bonds is 4. The minimum absolute atomic E-state index is 0.0516. The molecule has 28 heavy (non-hydrogen) atoms. The molecule has 3 heterocycles. The van der Waals surface area contributed by atoms with Gasteiger partial charge < -0.3 is 4.90 Å². The number of hydrogen-bond acceptors (Lipinski definition) is 4. The maximum atomic E-state index is 13.1. The Labute approximate surface area is 163 Å². The van der Waals surface area contributed by atoms with Crippen molar-refractivity contribution < 1.29 is 9.18 Å². The molecule has 0 N–H and O–H groups in total. The fraction of sp³-hybridized carbons (Fsp3) is 0.333. The van der Waals surface area contributed by atoms with E-state index in [2.05, 4.69) is 16.9 Å². The summed E-state index contributed by atoms with van der Waals surface area (Å²) < 4.78 is 15.0. The third-order valence-electron chi connectivity index (χ3n) is 5.21.